The fraction of sp³-hybridized carbons (Fsp3) is 0.667. The van der Waals surface area contributed by atoms with Crippen LogP contribution in [0.15, 0.2) is 16.3 Å². The number of sulfonamides is 1. The smallest absolute Gasteiger partial charge is 0.242 e. The number of rotatable bonds is 7. The molecule has 1 aliphatic rings. The summed E-state index contributed by atoms with van der Waals surface area (Å²) in [5.74, 6) is 1.93. The zero-order chi connectivity index (χ0) is 13.7. The van der Waals surface area contributed by atoms with Gasteiger partial charge in [-0.25, -0.2) is 13.1 Å². The zero-order valence-electron chi connectivity index (χ0n) is 11.0. The number of hydrogen-bond donors (Lipinski definition) is 2. The Morgan fingerprint density at radius 2 is 2.32 bits per heavy atom. The monoisotopic (exact) mass is 320 g/mol. The van der Waals surface area contributed by atoms with Crippen molar-refractivity contribution in [1.29, 1.82) is 0 Å². The minimum absolute atomic E-state index is 0.0892. The molecule has 1 aromatic heterocycles. The molecule has 1 atom stereocenters. The van der Waals surface area contributed by atoms with E-state index in [1.54, 1.807) is 17.8 Å². The standard InChI is InChI=1S/C12H20N2O2S3/c1-2-5-13-8-11-12(4-7-18-11)19(15,16)14-10-3-6-17-9-10/h4,7,10,13-14H,2-3,5-6,8-9H2,1H3. The van der Waals surface area contributed by atoms with E-state index in [0.717, 1.165) is 35.8 Å². The van der Waals surface area contributed by atoms with Crippen LogP contribution >= 0.6 is 23.1 Å². The van der Waals surface area contributed by atoms with Crippen LogP contribution in [0.2, 0.25) is 0 Å². The molecule has 0 spiro atoms. The normalized spacial score (nSPS) is 19.9. The molecule has 2 rings (SSSR count). The molecule has 2 heterocycles. The molecule has 0 bridgehead atoms. The third-order valence-corrected chi connectivity index (χ3v) is 6.78. The van der Waals surface area contributed by atoms with Crippen LogP contribution in [0.4, 0.5) is 0 Å². The van der Waals surface area contributed by atoms with Gasteiger partial charge in [-0.1, -0.05) is 6.92 Å². The molecule has 2 N–H and O–H groups in total. The molecule has 1 unspecified atom stereocenters. The Morgan fingerprint density at radius 3 is 3.00 bits per heavy atom. The maximum Gasteiger partial charge on any atom is 0.242 e. The second-order valence-corrected chi connectivity index (χ2v) is 8.40. The van der Waals surface area contributed by atoms with E-state index < -0.39 is 10.0 Å². The van der Waals surface area contributed by atoms with Crippen LogP contribution < -0.4 is 10.0 Å². The van der Waals surface area contributed by atoms with Gasteiger partial charge in [0.2, 0.25) is 10.0 Å². The third kappa shape index (κ3) is 4.19. The first-order valence-corrected chi connectivity index (χ1v) is 10.0. The zero-order valence-corrected chi connectivity index (χ0v) is 13.5. The van der Waals surface area contributed by atoms with Crippen LogP contribution in [-0.4, -0.2) is 32.5 Å². The van der Waals surface area contributed by atoms with Crippen molar-refractivity contribution < 1.29 is 8.42 Å². The fourth-order valence-corrected chi connectivity index (χ4v) is 5.93. The molecular weight excluding hydrogens is 300 g/mol. The van der Waals surface area contributed by atoms with Gasteiger partial charge in [-0.3, -0.25) is 0 Å². The topological polar surface area (TPSA) is 58.2 Å². The van der Waals surface area contributed by atoms with E-state index in [1.807, 2.05) is 5.38 Å². The number of hydrogen-bond acceptors (Lipinski definition) is 5. The summed E-state index contributed by atoms with van der Waals surface area (Å²) in [6.07, 6.45) is 1.97. The van der Waals surface area contributed by atoms with Gasteiger partial charge in [0.05, 0.1) is 4.90 Å². The lowest BCUT2D eigenvalue weighted by Gasteiger charge is -2.12. The van der Waals surface area contributed by atoms with Crippen LogP contribution in [-0.2, 0) is 16.6 Å². The van der Waals surface area contributed by atoms with E-state index >= 15 is 0 Å². The van der Waals surface area contributed by atoms with Gasteiger partial charge >= 0.3 is 0 Å². The predicted octanol–water partition coefficient (Wildman–Crippen LogP) is 2.03. The maximum atomic E-state index is 12.4. The van der Waals surface area contributed by atoms with Crippen LogP contribution in [0, 0.1) is 0 Å². The molecule has 1 fully saturated rings. The summed E-state index contributed by atoms with van der Waals surface area (Å²) in [7, 11) is -3.36. The largest absolute Gasteiger partial charge is 0.312 e. The molecule has 4 nitrogen and oxygen atoms in total. The van der Waals surface area contributed by atoms with Gasteiger partial charge in [-0.15, -0.1) is 11.3 Å². The van der Waals surface area contributed by atoms with Gasteiger partial charge in [-0.2, -0.15) is 11.8 Å². The first-order valence-electron chi connectivity index (χ1n) is 6.50. The van der Waals surface area contributed by atoms with E-state index in [1.165, 1.54) is 11.3 Å². The Labute approximate surface area is 123 Å². The molecule has 0 saturated carbocycles. The van der Waals surface area contributed by atoms with Gasteiger partial charge in [0.25, 0.3) is 0 Å². The highest BCUT2D eigenvalue weighted by molar-refractivity contribution is 7.99. The van der Waals surface area contributed by atoms with Crippen LogP contribution in [0.5, 0.6) is 0 Å². The van der Waals surface area contributed by atoms with Gasteiger partial charge in [0, 0.05) is 23.2 Å². The first-order chi connectivity index (χ1) is 9.13. The van der Waals surface area contributed by atoms with E-state index in [9.17, 15) is 8.42 Å². The molecule has 108 valence electrons. The van der Waals surface area contributed by atoms with Gasteiger partial charge in [0.15, 0.2) is 0 Å². The van der Waals surface area contributed by atoms with E-state index in [-0.39, 0.29) is 6.04 Å². The van der Waals surface area contributed by atoms with E-state index in [4.69, 9.17) is 0 Å². The first kappa shape index (κ1) is 15.3. The van der Waals surface area contributed by atoms with Crippen molar-refractivity contribution in [3.8, 4) is 0 Å². The second-order valence-electron chi connectivity index (χ2n) is 4.57. The van der Waals surface area contributed by atoms with E-state index in [2.05, 4.69) is 17.0 Å². The highest BCUT2D eigenvalue weighted by Crippen LogP contribution is 2.24. The molecule has 7 heteroatoms. The minimum atomic E-state index is -3.36. The van der Waals surface area contributed by atoms with Gasteiger partial charge < -0.3 is 5.32 Å². The molecule has 1 saturated heterocycles. The Hall–Kier alpha value is -0.0800. The van der Waals surface area contributed by atoms with Gasteiger partial charge in [0.1, 0.15) is 0 Å². The lowest BCUT2D eigenvalue weighted by molar-refractivity contribution is 0.561. The van der Waals surface area contributed by atoms with Crippen LogP contribution in [0.25, 0.3) is 0 Å². The van der Waals surface area contributed by atoms with Crippen molar-refractivity contribution in [2.75, 3.05) is 18.1 Å². The number of thiophene rings is 1. The maximum absolute atomic E-state index is 12.4. The Balaban J connectivity index is 2.04. The Kier molecular flexibility index (Phi) is 5.70. The fourth-order valence-electron chi connectivity index (χ4n) is 1.99. The summed E-state index contributed by atoms with van der Waals surface area (Å²) in [6, 6.07) is 1.80. The number of nitrogens with one attached hydrogen (secondary N) is 2. The predicted molar refractivity (Wildman–Crippen MR) is 82.4 cm³/mol. The van der Waals surface area contributed by atoms with Crippen molar-refractivity contribution in [2.45, 2.75) is 37.2 Å². The van der Waals surface area contributed by atoms with Crippen molar-refractivity contribution in [3.63, 3.8) is 0 Å². The molecule has 19 heavy (non-hydrogen) atoms. The Morgan fingerprint density at radius 1 is 1.47 bits per heavy atom. The highest BCUT2D eigenvalue weighted by atomic mass is 32.2. The summed E-state index contributed by atoms with van der Waals surface area (Å²) >= 11 is 3.30. The highest BCUT2D eigenvalue weighted by Gasteiger charge is 2.25. The van der Waals surface area contributed by atoms with Crippen molar-refractivity contribution in [1.82, 2.24) is 10.0 Å². The van der Waals surface area contributed by atoms with Crippen molar-refractivity contribution >= 4 is 33.1 Å². The summed E-state index contributed by atoms with van der Waals surface area (Å²) in [4.78, 5) is 1.34. The molecule has 0 aliphatic carbocycles. The molecule has 0 aromatic carbocycles. The average Bonchev–Trinajstić information content (AvgIpc) is 3.00. The summed E-state index contributed by atoms with van der Waals surface area (Å²) < 4.78 is 27.5. The minimum Gasteiger partial charge on any atom is -0.312 e. The number of thioether (sulfide) groups is 1. The molecular formula is C12H20N2O2S3. The SMILES string of the molecule is CCCNCc1sccc1S(=O)(=O)NC1CCSC1. The van der Waals surface area contributed by atoms with Crippen LogP contribution in [0.3, 0.4) is 0 Å². The third-order valence-electron chi connectivity index (χ3n) is 2.96. The summed E-state index contributed by atoms with van der Waals surface area (Å²) in [5, 5.41) is 5.11. The van der Waals surface area contributed by atoms with Crippen molar-refractivity contribution in [2.24, 2.45) is 0 Å². The summed E-state index contributed by atoms with van der Waals surface area (Å²) in [5.41, 5.74) is 0. The lowest BCUT2D eigenvalue weighted by atomic mass is 10.3. The second kappa shape index (κ2) is 7.08. The molecule has 0 amide bonds. The quantitative estimate of drug-likeness (QED) is 0.755. The lowest BCUT2D eigenvalue weighted by Crippen LogP contribution is -2.35. The summed E-state index contributed by atoms with van der Waals surface area (Å²) in [6.45, 7) is 3.63. The van der Waals surface area contributed by atoms with Crippen LogP contribution in [0.1, 0.15) is 24.6 Å². The van der Waals surface area contributed by atoms with Crippen molar-refractivity contribution in [3.05, 3.63) is 16.3 Å². The Bertz CT molecular complexity index is 493. The average molecular weight is 321 g/mol. The van der Waals surface area contributed by atoms with E-state index in [0.29, 0.717) is 11.4 Å². The molecule has 1 aliphatic heterocycles. The molecule has 0 radical (unpaired) electrons. The van der Waals surface area contributed by atoms with Gasteiger partial charge in [-0.05, 0) is 36.6 Å². The molecule has 1 aromatic rings.